The van der Waals surface area contributed by atoms with Gasteiger partial charge in [0.15, 0.2) is 5.78 Å². The molecule has 1 rings (SSSR count). The second kappa shape index (κ2) is 5.93. The van der Waals surface area contributed by atoms with Gasteiger partial charge in [0.1, 0.15) is 12.4 Å². The Kier molecular flexibility index (Phi) is 4.85. The molecule has 0 fully saturated rings. The lowest BCUT2D eigenvalue weighted by molar-refractivity contribution is 0.101. The summed E-state index contributed by atoms with van der Waals surface area (Å²) in [5, 5.41) is 0. The van der Waals surface area contributed by atoms with Crippen molar-refractivity contribution in [3.8, 4) is 5.75 Å². The molecular formula is C11H10BrClO2. The van der Waals surface area contributed by atoms with Crippen LogP contribution in [0.25, 0.3) is 0 Å². The first-order chi connectivity index (χ1) is 7.15. The number of rotatable bonds is 4. The molecule has 0 atom stereocenters. The van der Waals surface area contributed by atoms with E-state index in [0.717, 1.165) is 4.47 Å². The van der Waals surface area contributed by atoms with Crippen molar-refractivity contribution in [1.82, 2.24) is 0 Å². The fourth-order valence-corrected chi connectivity index (χ4v) is 1.49. The summed E-state index contributed by atoms with van der Waals surface area (Å²) in [5.74, 6) is 0.541. The Morgan fingerprint density at radius 1 is 1.60 bits per heavy atom. The number of ether oxygens (including phenoxy) is 1. The van der Waals surface area contributed by atoms with Crippen LogP contribution in [-0.2, 0) is 0 Å². The zero-order valence-corrected chi connectivity index (χ0v) is 10.5. The van der Waals surface area contributed by atoms with Crippen molar-refractivity contribution in [3.63, 3.8) is 0 Å². The number of ketones is 1. The average Bonchev–Trinajstić information content (AvgIpc) is 2.18. The minimum Gasteiger partial charge on any atom is -0.489 e. The highest BCUT2D eigenvalue weighted by atomic mass is 79.9. The normalized spacial score (nSPS) is 10.6. The number of Topliss-reactive ketones (excluding diaryl/α,β-unsaturated/α-hetero) is 1. The predicted molar refractivity (Wildman–Crippen MR) is 64.6 cm³/mol. The van der Waals surface area contributed by atoms with E-state index in [2.05, 4.69) is 15.9 Å². The van der Waals surface area contributed by atoms with Gasteiger partial charge in [0.2, 0.25) is 0 Å². The minimum absolute atomic E-state index is 0.0210. The maximum atomic E-state index is 11.3. The molecule has 0 aliphatic rings. The Labute approximate surface area is 102 Å². The third-order valence-electron chi connectivity index (χ3n) is 1.75. The first-order valence-corrected chi connectivity index (χ1v) is 5.56. The molecular weight excluding hydrogens is 279 g/mol. The van der Waals surface area contributed by atoms with Gasteiger partial charge in [-0.25, -0.2) is 0 Å². The molecule has 0 radical (unpaired) electrons. The molecule has 0 aromatic heterocycles. The summed E-state index contributed by atoms with van der Waals surface area (Å²) in [5.41, 5.74) is 1.95. The molecule has 0 heterocycles. The van der Waals surface area contributed by atoms with E-state index in [4.69, 9.17) is 16.3 Å². The topological polar surface area (TPSA) is 26.3 Å². The van der Waals surface area contributed by atoms with Crippen molar-refractivity contribution in [1.29, 1.82) is 0 Å². The van der Waals surface area contributed by atoms with E-state index in [0.29, 0.717) is 17.9 Å². The van der Waals surface area contributed by atoms with Crippen LogP contribution < -0.4 is 4.74 Å². The molecule has 80 valence electrons. The molecule has 4 heteroatoms. The van der Waals surface area contributed by atoms with E-state index in [9.17, 15) is 4.79 Å². The molecule has 1 aromatic rings. The number of carbonyl (C=O) groups is 1. The Bertz CT molecular complexity index is 388. The Morgan fingerprint density at radius 3 is 2.93 bits per heavy atom. The van der Waals surface area contributed by atoms with E-state index in [1.807, 2.05) is 0 Å². The second-order valence-electron chi connectivity index (χ2n) is 2.87. The van der Waals surface area contributed by atoms with Crippen LogP contribution in [0.15, 0.2) is 34.3 Å². The quantitative estimate of drug-likeness (QED) is 0.789. The maximum Gasteiger partial charge on any atom is 0.163 e. The number of halogens is 2. The van der Waals surface area contributed by atoms with Crippen LogP contribution in [0.2, 0.25) is 0 Å². The van der Waals surface area contributed by atoms with Gasteiger partial charge >= 0.3 is 0 Å². The second-order valence-corrected chi connectivity index (χ2v) is 4.04. The molecule has 0 saturated carbocycles. The highest BCUT2D eigenvalue weighted by Gasteiger charge is 2.08. The van der Waals surface area contributed by atoms with Gasteiger partial charge < -0.3 is 4.74 Å². The Morgan fingerprint density at radius 2 is 2.33 bits per heavy atom. The molecule has 0 spiro atoms. The van der Waals surface area contributed by atoms with Gasteiger partial charge in [0.25, 0.3) is 0 Å². The molecule has 0 bridgehead atoms. The van der Waals surface area contributed by atoms with Gasteiger partial charge in [-0.3, -0.25) is 4.79 Å². The third kappa shape index (κ3) is 3.68. The van der Waals surface area contributed by atoms with Gasteiger partial charge in [-0.15, -0.1) is 0 Å². The van der Waals surface area contributed by atoms with Crippen LogP contribution in [-0.4, -0.2) is 12.4 Å². The summed E-state index contributed by atoms with van der Waals surface area (Å²) in [7, 11) is 0. The molecule has 15 heavy (non-hydrogen) atoms. The van der Waals surface area contributed by atoms with Crippen LogP contribution in [0.3, 0.4) is 0 Å². The van der Waals surface area contributed by atoms with Gasteiger partial charge in [-0.05, 0) is 31.2 Å². The predicted octanol–water partition coefficient (Wildman–Crippen LogP) is 3.78. The van der Waals surface area contributed by atoms with Crippen molar-refractivity contribution < 1.29 is 9.53 Å². The van der Waals surface area contributed by atoms with Crippen LogP contribution in [0, 0.1) is 0 Å². The average molecular weight is 290 g/mol. The van der Waals surface area contributed by atoms with Crippen molar-refractivity contribution in [3.05, 3.63) is 39.8 Å². The van der Waals surface area contributed by atoms with E-state index in [1.165, 1.54) is 12.5 Å². The summed E-state index contributed by atoms with van der Waals surface area (Å²) in [6.45, 7) is 1.85. The summed E-state index contributed by atoms with van der Waals surface area (Å²) in [4.78, 5) is 11.3. The lowest BCUT2D eigenvalue weighted by atomic mass is 10.1. The Balaban J connectivity index is 2.91. The molecule has 0 aliphatic heterocycles. The molecule has 1 aromatic carbocycles. The van der Waals surface area contributed by atoms with E-state index < -0.39 is 0 Å². The van der Waals surface area contributed by atoms with Crippen molar-refractivity contribution in [2.24, 2.45) is 0 Å². The van der Waals surface area contributed by atoms with Crippen molar-refractivity contribution in [2.75, 3.05) is 6.61 Å². The van der Waals surface area contributed by atoms with Crippen LogP contribution in [0.4, 0.5) is 0 Å². The number of hydrogen-bond donors (Lipinski definition) is 0. The first-order valence-electron chi connectivity index (χ1n) is 4.33. The van der Waals surface area contributed by atoms with Gasteiger partial charge in [-0.2, -0.15) is 0 Å². The zero-order chi connectivity index (χ0) is 11.3. The van der Waals surface area contributed by atoms with Gasteiger partial charge in [0, 0.05) is 10.0 Å². The van der Waals surface area contributed by atoms with E-state index in [-0.39, 0.29) is 5.78 Å². The van der Waals surface area contributed by atoms with E-state index in [1.54, 1.807) is 24.3 Å². The number of hydrogen-bond acceptors (Lipinski definition) is 2. The molecule has 0 unspecified atom stereocenters. The van der Waals surface area contributed by atoms with Crippen LogP contribution >= 0.6 is 27.5 Å². The number of carbonyl (C=O) groups excluding carboxylic acids is 1. The summed E-state index contributed by atoms with van der Waals surface area (Å²) < 4.78 is 6.27. The highest BCUT2D eigenvalue weighted by Crippen LogP contribution is 2.24. The minimum atomic E-state index is -0.0210. The van der Waals surface area contributed by atoms with Gasteiger partial charge in [-0.1, -0.05) is 27.5 Å². The van der Waals surface area contributed by atoms with E-state index >= 15 is 0 Å². The molecule has 0 N–H and O–H groups in total. The fraction of sp³-hybridized carbons (Fsp3) is 0.182. The van der Waals surface area contributed by atoms with Crippen molar-refractivity contribution >= 4 is 33.3 Å². The molecule has 0 saturated heterocycles. The Hall–Kier alpha value is -0.800. The zero-order valence-electron chi connectivity index (χ0n) is 8.17. The molecule has 0 amide bonds. The summed E-state index contributed by atoms with van der Waals surface area (Å²) >= 11 is 8.68. The monoisotopic (exact) mass is 288 g/mol. The first kappa shape index (κ1) is 12.3. The maximum absolute atomic E-state index is 11.3. The summed E-state index contributed by atoms with van der Waals surface area (Å²) in [6, 6.07) is 5.30. The lowest BCUT2D eigenvalue weighted by Gasteiger charge is -2.08. The lowest BCUT2D eigenvalue weighted by Crippen LogP contribution is -2.01. The molecule has 2 nitrogen and oxygen atoms in total. The van der Waals surface area contributed by atoms with Crippen LogP contribution in [0.1, 0.15) is 17.3 Å². The SMILES string of the molecule is CC(=O)c1ccc(Br)cc1OC/C=C/Cl. The largest absolute Gasteiger partial charge is 0.489 e. The summed E-state index contributed by atoms with van der Waals surface area (Å²) in [6.07, 6.45) is 1.66. The number of benzene rings is 1. The van der Waals surface area contributed by atoms with Gasteiger partial charge in [0.05, 0.1) is 5.56 Å². The smallest absolute Gasteiger partial charge is 0.163 e. The van der Waals surface area contributed by atoms with Crippen molar-refractivity contribution in [2.45, 2.75) is 6.92 Å². The highest BCUT2D eigenvalue weighted by molar-refractivity contribution is 9.10. The third-order valence-corrected chi connectivity index (χ3v) is 2.42. The van der Waals surface area contributed by atoms with Crippen LogP contribution in [0.5, 0.6) is 5.75 Å². The molecule has 0 aliphatic carbocycles. The standard InChI is InChI=1S/C11H10BrClO2/c1-8(14)10-4-3-9(12)7-11(10)15-6-2-5-13/h2-5,7H,6H2,1H3/b5-2+. The fourth-order valence-electron chi connectivity index (χ4n) is 1.08.